The third-order valence-corrected chi connectivity index (χ3v) is 2.18. The first-order chi connectivity index (χ1) is 8.02. The van der Waals surface area contributed by atoms with Gasteiger partial charge in [0.15, 0.2) is 0 Å². The fraction of sp³-hybridized carbons (Fsp3) is 0.333. The molecule has 0 saturated heterocycles. The molecule has 17 heavy (non-hydrogen) atoms. The zero-order valence-corrected chi connectivity index (χ0v) is 9.77. The van der Waals surface area contributed by atoms with Crippen molar-refractivity contribution in [2.75, 3.05) is 0 Å². The summed E-state index contributed by atoms with van der Waals surface area (Å²) in [4.78, 5) is 22.1. The molecule has 0 bridgehead atoms. The first kappa shape index (κ1) is 13.0. The lowest BCUT2D eigenvalue weighted by atomic mass is 10.2. The summed E-state index contributed by atoms with van der Waals surface area (Å²) in [5, 5.41) is 11.1. The molecule has 0 aliphatic rings. The average molecular weight is 237 g/mol. The molecular weight excluding hydrogens is 222 g/mol. The summed E-state index contributed by atoms with van der Waals surface area (Å²) < 4.78 is 5.23. The van der Waals surface area contributed by atoms with Crippen LogP contribution >= 0.6 is 0 Å². The van der Waals surface area contributed by atoms with E-state index in [0.29, 0.717) is 12.2 Å². The Morgan fingerprint density at radius 2 is 2.24 bits per heavy atom. The molecule has 0 unspecified atom stereocenters. The van der Waals surface area contributed by atoms with Crippen molar-refractivity contribution in [3.8, 4) is 0 Å². The Morgan fingerprint density at radius 3 is 2.71 bits per heavy atom. The molecule has 0 aliphatic heterocycles. The van der Waals surface area contributed by atoms with Gasteiger partial charge in [0, 0.05) is 6.08 Å². The van der Waals surface area contributed by atoms with Crippen LogP contribution < -0.4 is 5.32 Å². The van der Waals surface area contributed by atoms with Crippen LogP contribution in [-0.2, 0) is 9.59 Å². The van der Waals surface area contributed by atoms with E-state index in [0.717, 1.165) is 5.76 Å². The molecule has 1 aromatic heterocycles. The predicted molar refractivity (Wildman–Crippen MR) is 62.3 cm³/mol. The highest BCUT2D eigenvalue weighted by atomic mass is 16.4. The Hall–Kier alpha value is -2.04. The number of amides is 1. The number of rotatable bonds is 5. The number of hydrogen-bond acceptors (Lipinski definition) is 3. The number of furan rings is 1. The van der Waals surface area contributed by atoms with E-state index in [9.17, 15) is 9.59 Å². The van der Waals surface area contributed by atoms with Gasteiger partial charge in [-0.25, -0.2) is 4.79 Å². The van der Waals surface area contributed by atoms with Gasteiger partial charge in [-0.1, -0.05) is 6.92 Å². The largest absolute Gasteiger partial charge is 0.480 e. The third-order valence-electron chi connectivity index (χ3n) is 2.18. The number of aliphatic carboxylic acids is 1. The van der Waals surface area contributed by atoms with Crippen LogP contribution in [0.5, 0.6) is 0 Å². The van der Waals surface area contributed by atoms with Gasteiger partial charge in [0.25, 0.3) is 0 Å². The van der Waals surface area contributed by atoms with E-state index in [4.69, 9.17) is 9.52 Å². The molecule has 5 heteroatoms. The molecule has 0 aliphatic carbocycles. The van der Waals surface area contributed by atoms with Crippen molar-refractivity contribution in [2.24, 2.45) is 0 Å². The lowest BCUT2D eigenvalue weighted by molar-refractivity contribution is -0.141. The summed E-state index contributed by atoms with van der Waals surface area (Å²) in [5.41, 5.74) is 0. The summed E-state index contributed by atoms with van der Waals surface area (Å²) in [6, 6.07) is 2.66. The van der Waals surface area contributed by atoms with Crippen LogP contribution in [0.3, 0.4) is 0 Å². The number of carboxylic acids is 1. The van der Waals surface area contributed by atoms with Gasteiger partial charge in [0.05, 0.1) is 0 Å². The van der Waals surface area contributed by atoms with E-state index in [1.165, 1.54) is 12.2 Å². The zero-order chi connectivity index (χ0) is 12.8. The quantitative estimate of drug-likeness (QED) is 0.762. The van der Waals surface area contributed by atoms with Crippen molar-refractivity contribution in [3.05, 3.63) is 29.7 Å². The molecule has 0 spiro atoms. The Labute approximate surface area is 99.1 Å². The van der Waals surface area contributed by atoms with Gasteiger partial charge in [-0.15, -0.1) is 0 Å². The van der Waals surface area contributed by atoms with Gasteiger partial charge in [-0.05, 0) is 31.6 Å². The second-order valence-corrected chi connectivity index (χ2v) is 3.59. The van der Waals surface area contributed by atoms with Gasteiger partial charge < -0.3 is 14.8 Å². The van der Waals surface area contributed by atoms with Crippen LogP contribution in [0.4, 0.5) is 0 Å². The van der Waals surface area contributed by atoms with E-state index in [1.807, 2.05) is 0 Å². The van der Waals surface area contributed by atoms with E-state index < -0.39 is 17.9 Å². The molecular formula is C12H15NO4. The van der Waals surface area contributed by atoms with E-state index in [1.54, 1.807) is 26.0 Å². The lowest BCUT2D eigenvalue weighted by Crippen LogP contribution is -2.39. The molecule has 1 rings (SSSR count). The highest BCUT2D eigenvalue weighted by Crippen LogP contribution is 2.07. The molecule has 1 atom stereocenters. The summed E-state index contributed by atoms with van der Waals surface area (Å²) >= 11 is 0. The highest BCUT2D eigenvalue weighted by molar-refractivity contribution is 5.94. The maximum atomic E-state index is 11.4. The van der Waals surface area contributed by atoms with E-state index >= 15 is 0 Å². The van der Waals surface area contributed by atoms with Crippen molar-refractivity contribution in [1.82, 2.24) is 5.32 Å². The molecule has 0 aromatic carbocycles. The van der Waals surface area contributed by atoms with Crippen molar-refractivity contribution in [1.29, 1.82) is 0 Å². The number of hydrogen-bond donors (Lipinski definition) is 2. The normalized spacial score (nSPS) is 12.6. The number of nitrogens with one attached hydrogen (secondary N) is 1. The maximum Gasteiger partial charge on any atom is 0.326 e. The topological polar surface area (TPSA) is 79.5 Å². The molecule has 0 saturated carbocycles. The molecule has 0 fully saturated rings. The zero-order valence-electron chi connectivity index (χ0n) is 9.77. The van der Waals surface area contributed by atoms with Crippen molar-refractivity contribution in [3.63, 3.8) is 0 Å². The Bertz CT molecular complexity index is 433. The monoisotopic (exact) mass is 237 g/mol. The summed E-state index contributed by atoms with van der Waals surface area (Å²) in [6.07, 6.45) is 3.09. The summed E-state index contributed by atoms with van der Waals surface area (Å²) in [6.45, 7) is 3.49. The van der Waals surface area contributed by atoms with Gasteiger partial charge in [0.1, 0.15) is 17.6 Å². The van der Waals surface area contributed by atoms with Crippen LogP contribution in [0.15, 0.2) is 22.6 Å². The van der Waals surface area contributed by atoms with Crippen LogP contribution in [-0.4, -0.2) is 23.0 Å². The number of carbonyl (C=O) groups is 2. The van der Waals surface area contributed by atoms with Crippen LogP contribution in [0.25, 0.3) is 6.08 Å². The van der Waals surface area contributed by atoms with Crippen molar-refractivity contribution >= 4 is 18.0 Å². The standard InChI is InChI=1S/C12H15NO4/c1-3-10(12(15)16)13-11(14)7-6-9-5-4-8(2)17-9/h4-7,10H,3H2,1-2H3,(H,13,14)(H,15,16)/b7-6+/t10-/m0/s1. The smallest absolute Gasteiger partial charge is 0.326 e. The van der Waals surface area contributed by atoms with E-state index in [2.05, 4.69) is 5.32 Å². The molecule has 2 N–H and O–H groups in total. The van der Waals surface area contributed by atoms with Crippen LogP contribution in [0, 0.1) is 6.92 Å². The first-order valence-corrected chi connectivity index (χ1v) is 5.30. The first-order valence-electron chi connectivity index (χ1n) is 5.30. The lowest BCUT2D eigenvalue weighted by Gasteiger charge is -2.09. The number of aryl methyl sites for hydroxylation is 1. The second kappa shape index (κ2) is 5.89. The fourth-order valence-electron chi connectivity index (χ4n) is 1.26. The fourth-order valence-corrected chi connectivity index (χ4v) is 1.26. The minimum Gasteiger partial charge on any atom is -0.480 e. The Balaban J connectivity index is 2.54. The van der Waals surface area contributed by atoms with Crippen LogP contribution in [0.1, 0.15) is 24.9 Å². The molecule has 0 radical (unpaired) electrons. The van der Waals surface area contributed by atoms with E-state index in [-0.39, 0.29) is 0 Å². The third kappa shape index (κ3) is 4.14. The summed E-state index contributed by atoms with van der Waals surface area (Å²) in [7, 11) is 0. The second-order valence-electron chi connectivity index (χ2n) is 3.59. The molecule has 1 aromatic rings. The van der Waals surface area contributed by atoms with Crippen molar-refractivity contribution in [2.45, 2.75) is 26.3 Å². The SMILES string of the molecule is CC[C@H](NC(=O)/C=C/c1ccc(C)o1)C(=O)O. The van der Waals surface area contributed by atoms with Gasteiger partial charge in [-0.2, -0.15) is 0 Å². The highest BCUT2D eigenvalue weighted by Gasteiger charge is 2.15. The molecule has 1 amide bonds. The predicted octanol–water partition coefficient (Wildman–Crippen LogP) is 1.58. The number of carboxylic acid groups (broad SMARTS) is 1. The molecule has 1 heterocycles. The minimum absolute atomic E-state index is 0.342. The Morgan fingerprint density at radius 1 is 1.53 bits per heavy atom. The minimum atomic E-state index is -1.04. The maximum absolute atomic E-state index is 11.4. The Kier molecular flexibility index (Phi) is 4.51. The molecule has 92 valence electrons. The van der Waals surface area contributed by atoms with Gasteiger partial charge in [0.2, 0.25) is 5.91 Å². The van der Waals surface area contributed by atoms with Gasteiger partial charge in [-0.3, -0.25) is 4.79 Å². The van der Waals surface area contributed by atoms with Crippen molar-refractivity contribution < 1.29 is 19.1 Å². The summed E-state index contributed by atoms with van der Waals surface area (Å²) in [5.74, 6) is -0.181. The van der Waals surface area contributed by atoms with Crippen LogP contribution in [0.2, 0.25) is 0 Å². The average Bonchev–Trinajstić information content (AvgIpc) is 2.68. The molecule has 5 nitrogen and oxygen atoms in total. The number of carbonyl (C=O) groups excluding carboxylic acids is 1. The van der Waals surface area contributed by atoms with Gasteiger partial charge >= 0.3 is 5.97 Å².